The van der Waals surface area contributed by atoms with E-state index in [1.165, 1.54) is 24.2 Å². The molecule has 0 N–H and O–H groups in total. The zero-order valence-corrected chi connectivity index (χ0v) is 13.0. The molecule has 1 aromatic carbocycles. The number of rotatable bonds is 2. The predicted molar refractivity (Wildman–Crippen MR) is 82.0 cm³/mol. The Morgan fingerprint density at radius 2 is 1.88 bits per heavy atom. The van der Waals surface area contributed by atoms with Gasteiger partial charge in [-0.2, -0.15) is 0 Å². The summed E-state index contributed by atoms with van der Waals surface area (Å²) in [4.78, 5) is 2.55. The van der Waals surface area contributed by atoms with Crippen molar-refractivity contribution in [2.45, 2.75) is 45.6 Å². The van der Waals surface area contributed by atoms with Crippen molar-refractivity contribution in [2.75, 3.05) is 11.4 Å². The highest BCUT2D eigenvalue weighted by molar-refractivity contribution is 14.0. The number of nitrogens with zero attached hydrogens (tertiary/aromatic N) is 1. The molecule has 0 amide bonds. The Labute approximate surface area is 116 Å². The second kappa shape index (κ2) is 4.94. The average molecular weight is 331 g/mol. The van der Waals surface area contributed by atoms with Gasteiger partial charge in [-0.3, -0.25) is 0 Å². The Balaban J connectivity index is 0.00000128. The molecule has 1 unspecified atom stereocenters. The summed E-state index contributed by atoms with van der Waals surface area (Å²) in [6.07, 6.45) is 1.22. The van der Waals surface area contributed by atoms with E-state index in [-0.39, 0.29) is 29.4 Å². The van der Waals surface area contributed by atoms with Crippen LogP contribution in [-0.2, 0) is 5.41 Å². The summed E-state index contributed by atoms with van der Waals surface area (Å²) in [7, 11) is 0. The lowest BCUT2D eigenvalue weighted by atomic mass is 9.81. The van der Waals surface area contributed by atoms with Gasteiger partial charge >= 0.3 is 0 Å². The first-order chi connectivity index (χ1) is 7.09. The highest BCUT2D eigenvalue weighted by Crippen LogP contribution is 2.44. The number of para-hydroxylation sites is 1. The Kier molecular flexibility index (Phi) is 4.27. The lowest BCUT2D eigenvalue weighted by Crippen LogP contribution is -2.39. The highest BCUT2D eigenvalue weighted by Gasteiger charge is 2.40. The van der Waals surface area contributed by atoms with Gasteiger partial charge in [-0.1, -0.05) is 39.0 Å². The molecule has 1 aliphatic heterocycles. The molecule has 0 saturated carbocycles. The summed E-state index contributed by atoms with van der Waals surface area (Å²) in [6.45, 7) is 10.5. The Bertz CT molecular complexity index is 360. The Morgan fingerprint density at radius 1 is 1.25 bits per heavy atom. The van der Waals surface area contributed by atoms with Crippen LogP contribution in [0.1, 0.15) is 39.7 Å². The molecule has 0 spiro atoms. The number of halogens is 1. The maximum atomic E-state index is 2.55. The minimum atomic E-state index is 0. The summed E-state index contributed by atoms with van der Waals surface area (Å²) in [6, 6.07) is 9.45. The molecule has 1 heterocycles. The SMILES string of the molecule is CCCN1c2ccccc2C(C)(C)C1C.I. The number of hydrogen-bond acceptors (Lipinski definition) is 1. The highest BCUT2D eigenvalue weighted by atomic mass is 127. The van der Waals surface area contributed by atoms with Gasteiger partial charge in [0.15, 0.2) is 0 Å². The molecule has 16 heavy (non-hydrogen) atoms. The maximum absolute atomic E-state index is 2.55. The molecule has 0 fully saturated rings. The van der Waals surface area contributed by atoms with Crippen LogP contribution in [0.25, 0.3) is 0 Å². The molecule has 0 saturated heterocycles. The normalized spacial score (nSPS) is 21.5. The third kappa shape index (κ3) is 1.96. The zero-order chi connectivity index (χ0) is 11.1. The fraction of sp³-hybridized carbons (Fsp3) is 0.571. The molecule has 0 radical (unpaired) electrons. The number of anilines is 1. The summed E-state index contributed by atoms with van der Waals surface area (Å²) in [5.41, 5.74) is 3.23. The van der Waals surface area contributed by atoms with Gasteiger partial charge in [0.1, 0.15) is 0 Å². The first-order valence-electron chi connectivity index (χ1n) is 5.95. The van der Waals surface area contributed by atoms with E-state index in [2.05, 4.69) is 56.9 Å². The van der Waals surface area contributed by atoms with Crippen LogP contribution in [0.15, 0.2) is 24.3 Å². The van der Waals surface area contributed by atoms with Gasteiger partial charge in [-0.25, -0.2) is 0 Å². The number of fused-ring (bicyclic) bond motifs is 1. The summed E-state index contributed by atoms with van der Waals surface area (Å²) in [5, 5.41) is 0. The van der Waals surface area contributed by atoms with Crippen LogP contribution < -0.4 is 4.90 Å². The van der Waals surface area contributed by atoms with Gasteiger partial charge in [0, 0.05) is 23.7 Å². The standard InChI is InChI=1S/C14H21N.HI/c1-5-10-15-11(2)14(3,4)12-8-6-7-9-13(12)15;/h6-9,11H,5,10H2,1-4H3;1H. The molecule has 90 valence electrons. The predicted octanol–water partition coefficient (Wildman–Crippen LogP) is 4.20. The van der Waals surface area contributed by atoms with Crippen molar-refractivity contribution in [2.24, 2.45) is 0 Å². The van der Waals surface area contributed by atoms with Gasteiger partial charge < -0.3 is 4.90 Å². The first-order valence-corrected chi connectivity index (χ1v) is 5.95. The molecule has 2 heteroatoms. The minimum absolute atomic E-state index is 0. The maximum Gasteiger partial charge on any atom is 0.0407 e. The van der Waals surface area contributed by atoms with Crippen LogP contribution in [-0.4, -0.2) is 12.6 Å². The van der Waals surface area contributed by atoms with E-state index in [9.17, 15) is 0 Å². The topological polar surface area (TPSA) is 3.24 Å². The number of hydrogen-bond donors (Lipinski definition) is 0. The zero-order valence-electron chi connectivity index (χ0n) is 10.7. The molecular weight excluding hydrogens is 309 g/mol. The molecule has 0 aliphatic carbocycles. The van der Waals surface area contributed by atoms with Crippen molar-refractivity contribution in [3.63, 3.8) is 0 Å². The lowest BCUT2D eigenvalue weighted by Gasteiger charge is -2.31. The van der Waals surface area contributed by atoms with E-state index in [4.69, 9.17) is 0 Å². The van der Waals surface area contributed by atoms with Crippen LogP contribution in [0.4, 0.5) is 5.69 Å². The quantitative estimate of drug-likeness (QED) is 0.734. The van der Waals surface area contributed by atoms with E-state index in [1.807, 2.05) is 0 Å². The molecule has 1 nitrogen and oxygen atoms in total. The van der Waals surface area contributed by atoms with Crippen LogP contribution in [0.5, 0.6) is 0 Å². The fourth-order valence-electron chi connectivity index (χ4n) is 2.65. The van der Waals surface area contributed by atoms with E-state index < -0.39 is 0 Å². The van der Waals surface area contributed by atoms with E-state index in [0.717, 1.165) is 0 Å². The fourth-order valence-corrected chi connectivity index (χ4v) is 2.65. The van der Waals surface area contributed by atoms with Gasteiger partial charge in [0.25, 0.3) is 0 Å². The van der Waals surface area contributed by atoms with Crippen molar-refractivity contribution in [3.05, 3.63) is 29.8 Å². The van der Waals surface area contributed by atoms with Gasteiger partial charge in [0.05, 0.1) is 0 Å². The average Bonchev–Trinajstić information content (AvgIpc) is 2.42. The monoisotopic (exact) mass is 331 g/mol. The van der Waals surface area contributed by atoms with Gasteiger partial charge in [0.2, 0.25) is 0 Å². The molecular formula is C14H22IN. The van der Waals surface area contributed by atoms with Crippen LogP contribution in [0.3, 0.4) is 0 Å². The molecule has 0 bridgehead atoms. The van der Waals surface area contributed by atoms with Crippen molar-refractivity contribution in [3.8, 4) is 0 Å². The lowest BCUT2D eigenvalue weighted by molar-refractivity contribution is 0.441. The second-order valence-electron chi connectivity index (χ2n) is 5.11. The van der Waals surface area contributed by atoms with Crippen molar-refractivity contribution < 1.29 is 0 Å². The minimum Gasteiger partial charge on any atom is -0.368 e. The van der Waals surface area contributed by atoms with Gasteiger partial charge in [-0.15, -0.1) is 24.0 Å². The van der Waals surface area contributed by atoms with E-state index in [1.54, 1.807) is 0 Å². The molecule has 1 aromatic rings. The largest absolute Gasteiger partial charge is 0.368 e. The molecule has 2 rings (SSSR count). The van der Waals surface area contributed by atoms with Crippen LogP contribution in [0, 0.1) is 0 Å². The van der Waals surface area contributed by atoms with Crippen molar-refractivity contribution >= 4 is 29.7 Å². The van der Waals surface area contributed by atoms with Crippen molar-refractivity contribution in [1.29, 1.82) is 0 Å². The molecule has 1 aliphatic rings. The summed E-state index contributed by atoms with van der Waals surface area (Å²) in [5.74, 6) is 0. The third-order valence-electron chi connectivity index (χ3n) is 3.88. The smallest absolute Gasteiger partial charge is 0.0407 e. The summed E-state index contributed by atoms with van der Waals surface area (Å²) < 4.78 is 0. The van der Waals surface area contributed by atoms with Crippen LogP contribution in [0.2, 0.25) is 0 Å². The van der Waals surface area contributed by atoms with Crippen LogP contribution >= 0.6 is 24.0 Å². The van der Waals surface area contributed by atoms with Crippen molar-refractivity contribution in [1.82, 2.24) is 0 Å². The Morgan fingerprint density at radius 3 is 2.50 bits per heavy atom. The molecule has 1 atom stereocenters. The third-order valence-corrected chi connectivity index (χ3v) is 3.88. The summed E-state index contributed by atoms with van der Waals surface area (Å²) >= 11 is 0. The Hall–Kier alpha value is -0.250. The van der Waals surface area contributed by atoms with E-state index in [0.29, 0.717) is 6.04 Å². The number of benzene rings is 1. The molecule has 0 aromatic heterocycles. The van der Waals surface area contributed by atoms with E-state index >= 15 is 0 Å². The van der Waals surface area contributed by atoms with Gasteiger partial charge in [-0.05, 0) is 25.0 Å². The first kappa shape index (κ1) is 13.8. The second-order valence-corrected chi connectivity index (χ2v) is 5.11.